The van der Waals surface area contributed by atoms with Gasteiger partial charge in [-0.15, -0.1) is 0 Å². The summed E-state index contributed by atoms with van der Waals surface area (Å²) in [5.41, 5.74) is 7.30. The van der Waals surface area contributed by atoms with Crippen LogP contribution in [0.5, 0.6) is 0 Å². The van der Waals surface area contributed by atoms with Gasteiger partial charge in [0.15, 0.2) is 0 Å². The minimum atomic E-state index is -0.757. The molecule has 0 fully saturated rings. The van der Waals surface area contributed by atoms with Crippen molar-refractivity contribution < 1.29 is 9.53 Å². The Morgan fingerprint density at radius 2 is 2.39 bits per heavy atom. The van der Waals surface area contributed by atoms with Crippen molar-refractivity contribution in [3.05, 3.63) is 17.2 Å². The fourth-order valence-electron chi connectivity index (χ4n) is 1.42. The maximum Gasteiger partial charge on any atom is 0.243 e. The molecule has 1 unspecified atom stereocenters. The van der Waals surface area contributed by atoms with E-state index in [4.69, 9.17) is 22.1 Å². The highest BCUT2D eigenvalue weighted by atomic mass is 35.5. The molecule has 18 heavy (non-hydrogen) atoms. The molecule has 0 radical (unpaired) electrons. The second-order valence-corrected chi connectivity index (χ2v) is 4.54. The predicted octanol–water partition coefficient (Wildman–Crippen LogP) is 1.26. The lowest BCUT2D eigenvalue weighted by Crippen LogP contribution is -2.39. The standard InChI is InChI=1S/C10H11ClN4O2S/c1-17-4-6(12)10(16)13-8-5(11)2-3-7-9(8)15-18-14-7/h2-3,6H,4,12H2,1H3,(H,13,16). The van der Waals surface area contributed by atoms with Crippen LogP contribution in [0.4, 0.5) is 5.69 Å². The zero-order valence-corrected chi connectivity index (χ0v) is 11.1. The highest BCUT2D eigenvalue weighted by molar-refractivity contribution is 7.00. The Bertz CT molecular complexity index is 574. The van der Waals surface area contributed by atoms with Crippen molar-refractivity contribution >= 4 is 46.0 Å². The van der Waals surface area contributed by atoms with E-state index in [1.165, 1.54) is 7.11 Å². The number of carbonyl (C=O) groups is 1. The number of hydrogen-bond acceptors (Lipinski definition) is 6. The van der Waals surface area contributed by atoms with E-state index in [-0.39, 0.29) is 12.5 Å². The van der Waals surface area contributed by atoms with Gasteiger partial charge in [-0.1, -0.05) is 11.6 Å². The number of aromatic nitrogens is 2. The third kappa shape index (κ3) is 2.59. The summed E-state index contributed by atoms with van der Waals surface area (Å²) >= 11 is 7.09. The molecular formula is C10H11ClN4O2S. The Hall–Kier alpha value is -1.28. The first-order valence-corrected chi connectivity index (χ1v) is 6.20. The molecule has 0 bridgehead atoms. The van der Waals surface area contributed by atoms with Crippen LogP contribution in [0.25, 0.3) is 11.0 Å². The minimum absolute atomic E-state index is 0.134. The average Bonchev–Trinajstić information content (AvgIpc) is 2.81. The quantitative estimate of drug-likeness (QED) is 0.883. The molecule has 0 aliphatic carbocycles. The van der Waals surface area contributed by atoms with Gasteiger partial charge in [-0.25, -0.2) is 0 Å². The summed E-state index contributed by atoms with van der Waals surface area (Å²) in [7, 11) is 1.48. The number of ether oxygens (including phenoxy) is 1. The average molecular weight is 287 g/mol. The van der Waals surface area contributed by atoms with Crippen LogP contribution in [0.1, 0.15) is 0 Å². The van der Waals surface area contributed by atoms with Crippen LogP contribution in [0, 0.1) is 0 Å². The number of halogens is 1. The van der Waals surface area contributed by atoms with E-state index < -0.39 is 6.04 Å². The molecule has 0 spiro atoms. The molecular weight excluding hydrogens is 276 g/mol. The topological polar surface area (TPSA) is 90.1 Å². The number of rotatable bonds is 4. The SMILES string of the molecule is COCC(N)C(=O)Nc1c(Cl)ccc2nsnc12. The van der Waals surface area contributed by atoms with E-state index in [2.05, 4.69) is 14.1 Å². The molecule has 1 aromatic heterocycles. The van der Waals surface area contributed by atoms with Gasteiger partial charge in [0.2, 0.25) is 5.91 Å². The van der Waals surface area contributed by atoms with Gasteiger partial charge in [-0.05, 0) is 12.1 Å². The van der Waals surface area contributed by atoms with Crippen molar-refractivity contribution in [3.63, 3.8) is 0 Å². The number of amides is 1. The highest BCUT2D eigenvalue weighted by Crippen LogP contribution is 2.29. The zero-order chi connectivity index (χ0) is 13.1. The van der Waals surface area contributed by atoms with Gasteiger partial charge in [0, 0.05) is 7.11 Å². The van der Waals surface area contributed by atoms with Gasteiger partial charge in [0.05, 0.1) is 29.0 Å². The Balaban J connectivity index is 2.28. The molecule has 1 heterocycles. The number of carbonyl (C=O) groups excluding carboxylic acids is 1. The van der Waals surface area contributed by atoms with E-state index in [9.17, 15) is 4.79 Å². The first-order valence-electron chi connectivity index (χ1n) is 5.09. The molecule has 8 heteroatoms. The lowest BCUT2D eigenvalue weighted by molar-refractivity contribution is -0.118. The van der Waals surface area contributed by atoms with Gasteiger partial charge < -0.3 is 15.8 Å². The number of nitrogens with zero attached hydrogens (tertiary/aromatic N) is 2. The van der Waals surface area contributed by atoms with Gasteiger partial charge in [-0.3, -0.25) is 4.79 Å². The maximum absolute atomic E-state index is 11.8. The molecule has 1 amide bonds. The molecule has 2 aromatic rings. The van der Waals surface area contributed by atoms with Crippen molar-refractivity contribution in [3.8, 4) is 0 Å². The van der Waals surface area contributed by atoms with Crippen molar-refractivity contribution in [2.75, 3.05) is 19.0 Å². The van der Waals surface area contributed by atoms with E-state index in [0.29, 0.717) is 21.7 Å². The maximum atomic E-state index is 11.8. The van der Waals surface area contributed by atoms with Crippen LogP contribution in [-0.4, -0.2) is 34.4 Å². The van der Waals surface area contributed by atoms with Gasteiger partial charge >= 0.3 is 0 Å². The van der Waals surface area contributed by atoms with E-state index in [1.807, 2.05) is 0 Å². The van der Waals surface area contributed by atoms with Crippen LogP contribution < -0.4 is 11.1 Å². The number of methoxy groups -OCH3 is 1. The smallest absolute Gasteiger partial charge is 0.243 e. The Morgan fingerprint density at radius 1 is 1.61 bits per heavy atom. The summed E-state index contributed by atoms with van der Waals surface area (Å²) in [5.74, 6) is -0.376. The zero-order valence-electron chi connectivity index (χ0n) is 9.51. The number of anilines is 1. The number of hydrogen-bond donors (Lipinski definition) is 2. The summed E-state index contributed by atoms with van der Waals surface area (Å²) in [6.07, 6.45) is 0. The molecule has 1 aromatic carbocycles. The van der Waals surface area contributed by atoms with Crippen molar-refractivity contribution in [2.24, 2.45) is 5.73 Å². The largest absolute Gasteiger partial charge is 0.383 e. The van der Waals surface area contributed by atoms with Crippen LogP contribution in [-0.2, 0) is 9.53 Å². The molecule has 3 N–H and O–H groups in total. The Labute approximate surface area is 112 Å². The number of benzene rings is 1. The van der Waals surface area contributed by atoms with Crippen LogP contribution in [0.3, 0.4) is 0 Å². The van der Waals surface area contributed by atoms with Crippen LogP contribution in [0.2, 0.25) is 5.02 Å². The summed E-state index contributed by atoms with van der Waals surface area (Å²) in [5, 5.41) is 3.05. The molecule has 0 aliphatic rings. The third-order valence-electron chi connectivity index (χ3n) is 2.31. The van der Waals surface area contributed by atoms with Crippen molar-refractivity contribution in [1.29, 1.82) is 0 Å². The molecule has 0 aliphatic heterocycles. The summed E-state index contributed by atoms with van der Waals surface area (Å²) < 4.78 is 13.0. The molecule has 6 nitrogen and oxygen atoms in total. The first-order chi connectivity index (χ1) is 8.63. The summed E-state index contributed by atoms with van der Waals surface area (Å²) in [6.45, 7) is 0.134. The van der Waals surface area contributed by atoms with Gasteiger partial charge in [0.25, 0.3) is 0 Å². The number of fused-ring (bicyclic) bond motifs is 1. The van der Waals surface area contributed by atoms with Gasteiger partial charge in [-0.2, -0.15) is 8.75 Å². The number of nitrogens with two attached hydrogens (primary N) is 1. The monoisotopic (exact) mass is 286 g/mol. The molecule has 0 saturated heterocycles. The minimum Gasteiger partial charge on any atom is -0.383 e. The molecule has 2 rings (SSSR count). The summed E-state index contributed by atoms with van der Waals surface area (Å²) in [4.78, 5) is 11.8. The Kier molecular flexibility index (Phi) is 4.07. The van der Waals surface area contributed by atoms with E-state index in [0.717, 1.165) is 11.7 Å². The van der Waals surface area contributed by atoms with E-state index >= 15 is 0 Å². The van der Waals surface area contributed by atoms with Crippen LogP contribution in [0.15, 0.2) is 12.1 Å². The second kappa shape index (κ2) is 5.57. The van der Waals surface area contributed by atoms with Crippen molar-refractivity contribution in [2.45, 2.75) is 6.04 Å². The molecule has 0 saturated carbocycles. The molecule has 1 atom stereocenters. The van der Waals surface area contributed by atoms with Crippen molar-refractivity contribution in [1.82, 2.24) is 8.75 Å². The number of nitrogens with one attached hydrogen (secondary N) is 1. The molecule has 96 valence electrons. The fourth-order valence-corrected chi connectivity index (χ4v) is 2.16. The Morgan fingerprint density at radius 3 is 3.11 bits per heavy atom. The third-order valence-corrected chi connectivity index (χ3v) is 3.17. The van der Waals surface area contributed by atoms with E-state index in [1.54, 1.807) is 12.1 Å². The van der Waals surface area contributed by atoms with Crippen LogP contribution >= 0.6 is 23.3 Å². The normalized spacial score (nSPS) is 12.6. The lowest BCUT2D eigenvalue weighted by Gasteiger charge is -2.12. The fraction of sp³-hybridized carbons (Fsp3) is 0.300. The summed E-state index contributed by atoms with van der Waals surface area (Å²) in [6, 6.07) is 2.64. The highest BCUT2D eigenvalue weighted by Gasteiger charge is 2.17. The first kappa shape index (κ1) is 13.2. The predicted molar refractivity (Wildman–Crippen MR) is 70.9 cm³/mol. The second-order valence-electron chi connectivity index (χ2n) is 3.61. The lowest BCUT2D eigenvalue weighted by atomic mass is 10.2. The van der Waals surface area contributed by atoms with Gasteiger partial charge in [0.1, 0.15) is 17.1 Å².